The molecule has 1 heterocycles. The molecule has 0 bridgehead atoms. The molecular weight excluding hydrogens is 382 g/mol. The number of nitrogens with one attached hydrogen (secondary N) is 1. The minimum atomic E-state index is -0.321. The van der Waals surface area contributed by atoms with E-state index in [9.17, 15) is 14.4 Å². The highest BCUT2D eigenvalue weighted by Crippen LogP contribution is 2.31. The molecule has 7 nitrogen and oxygen atoms in total. The maximum atomic E-state index is 13.0. The van der Waals surface area contributed by atoms with Crippen molar-refractivity contribution in [3.63, 3.8) is 0 Å². The molecule has 0 saturated carbocycles. The zero-order valence-electron chi connectivity index (χ0n) is 17.6. The Labute approximate surface area is 176 Å². The molecule has 0 saturated heterocycles. The second-order valence-corrected chi connectivity index (χ2v) is 7.42. The van der Waals surface area contributed by atoms with Gasteiger partial charge in [-0.15, -0.1) is 0 Å². The number of para-hydroxylation sites is 2. The summed E-state index contributed by atoms with van der Waals surface area (Å²) in [7, 11) is 1.57. The van der Waals surface area contributed by atoms with Crippen LogP contribution in [0.2, 0.25) is 0 Å². The Bertz CT molecular complexity index is 926. The molecule has 0 spiro atoms. The second-order valence-electron chi connectivity index (χ2n) is 7.42. The first-order valence-corrected chi connectivity index (χ1v) is 10.1. The summed E-state index contributed by atoms with van der Waals surface area (Å²) in [6.45, 7) is 3.64. The van der Waals surface area contributed by atoms with E-state index in [4.69, 9.17) is 4.74 Å². The summed E-state index contributed by atoms with van der Waals surface area (Å²) in [4.78, 5) is 40.5. The van der Waals surface area contributed by atoms with Crippen LogP contribution in [-0.2, 0) is 20.8 Å². The molecule has 3 rings (SSSR count). The third-order valence-corrected chi connectivity index (χ3v) is 5.12. The van der Waals surface area contributed by atoms with E-state index in [1.165, 1.54) is 10.5 Å². The third-order valence-electron chi connectivity index (χ3n) is 5.12. The fourth-order valence-corrected chi connectivity index (χ4v) is 3.41. The lowest BCUT2D eigenvalue weighted by atomic mass is 10.1. The molecule has 7 heteroatoms. The molecule has 158 valence electrons. The molecule has 1 N–H and O–H groups in total. The molecule has 0 fully saturated rings. The van der Waals surface area contributed by atoms with E-state index < -0.39 is 0 Å². The summed E-state index contributed by atoms with van der Waals surface area (Å²) < 4.78 is 5.56. The van der Waals surface area contributed by atoms with Crippen molar-refractivity contribution in [3.8, 4) is 5.75 Å². The topological polar surface area (TPSA) is 79.0 Å². The van der Waals surface area contributed by atoms with E-state index in [2.05, 4.69) is 12.2 Å². The van der Waals surface area contributed by atoms with Crippen LogP contribution in [0.3, 0.4) is 0 Å². The third kappa shape index (κ3) is 4.97. The molecule has 2 aromatic carbocycles. The molecule has 0 radical (unpaired) electrons. The number of hydrogen-bond acceptors (Lipinski definition) is 4. The summed E-state index contributed by atoms with van der Waals surface area (Å²) in [5, 5.41) is 2.83. The van der Waals surface area contributed by atoms with Crippen LogP contribution in [0, 0.1) is 0 Å². The van der Waals surface area contributed by atoms with Crippen molar-refractivity contribution in [1.29, 1.82) is 0 Å². The van der Waals surface area contributed by atoms with Gasteiger partial charge in [0.05, 0.1) is 17.9 Å². The van der Waals surface area contributed by atoms with Gasteiger partial charge < -0.3 is 19.9 Å². The van der Waals surface area contributed by atoms with Crippen LogP contribution in [0.1, 0.15) is 25.8 Å². The van der Waals surface area contributed by atoms with Gasteiger partial charge in [0.15, 0.2) is 6.61 Å². The van der Waals surface area contributed by atoms with E-state index in [0.717, 1.165) is 6.42 Å². The predicted molar refractivity (Wildman–Crippen MR) is 116 cm³/mol. The maximum Gasteiger partial charge on any atom is 0.260 e. The van der Waals surface area contributed by atoms with E-state index in [-0.39, 0.29) is 43.3 Å². The number of fused-ring (bicyclic) bond motifs is 1. The van der Waals surface area contributed by atoms with Crippen molar-refractivity contribution in [3.05, 3.63) is 54.1 Å². The summed E-state index contributed by atoms with van der Waals surface area (Å²) >= 11 is 0. The van der Waals surface area contributed by atoms with Gasteiger partial charge in [-0.2, -0.15) is 0 Å². The minimum Gasteiger partial charge on any atom is -0.484 e. The van der Waals surface area contributed by atoms with Crippen LogP contribution in [0.15, 0.2) is 48.5 Å². The summed E-state index contributed by atoms with van der Waals surface area (Å²) in [5.74, 6) is -0.0837. The SMILES string of the molecule is CCc1ccc(OCC(=O)N(C)CC(=O)N2c3ccccc3NC(=O)C[C@H]2C)cc1. The minimum absolute atomic E-state index is 0.107. The van der Waals surface area contributed by atoms with Crippen molar-refractivity contribution in [1.82, 2.24) is 4.90 Å². The number of rotatable bonds is 6. The lowest BCUT2D eigenvalue weighted by molar-refractivity contribution is -0.135. The average Bonchev–Trinajstić information content (AvgIpc) is 2.86. The average molecular weight is 409 g/mol. The molecule has 0 aromatic heterocycles. The molecule has 1 aliphatic heterocycles. The number of amides is 3. The standard InChI is InChI=1S/C23H27N3O4/c1-4-17-9-11-18(12-10-17)30-15-23(29)25(3)14-22(28)26-16(2)13-21(27)24-19-7-5-6-8-20(19)26/h5-12,16H,4,13-15H2,1-3H3,(H,24,27)/t16-/m1/s1. The lowest BCUT2D eigenvalue weighted by Gasteiger charge is -2.29. The Balaban J connectivity index is 1.63. The van der Waals surface area contributed by atoms with Crippen LogP contribution in [0.25, 0.3) is 0 Å². The number of carbonyl (C=O) groups excluding carboxylic acids is 3. The van der Waals surface area contributed by atoms with Crippen LogP contribution in [0.5, 0.6) is 5.75 Å². The van der Waals surface area contributed by atoms with Crippen molar-refractivity contribution in [2.24, 2.45) is 0 Å². The first kappa shape index (κ1) is 21.4. The number of benzene rings is 2. The number of hydrogen-bond donors (Lipinski definition) is 1. The largest absolute Gasteiger partial charge is 0.484 e. The Morgan fingerprint density at radius 1 is 1.17 bits per heavy atom. The molecule has 2 aromatic rings. The molecule has 1 atom stereocenters. The summed E-state index contributed by atoms with van der Waals surface area (Å²) in [6, 6.07) is 14.4. The lowest BCUT2D eigenvalue weighted by Crippen LogP contribution is -2.46. The van der Waals surface area contributed by atoms with Gasteiger partial charge >= 0.3 is 0 Å². The highest BCUT2D eigenvalue weighted by Gasteiger charge is 2.30. The number of anilines is 2. The highest BCUT2D eigenvalue weighted by molar-refractivity contribution is 6.05. The zero-order chi connectivity index (χ0) is 21.7. The van der Waals surface area contributed by atoms with Gasteiger partial charge in [-0.25, -0.2) is 0 Å². The maximum absolute atomic E-state index is 13.0. The fraction of sp³-hybridized carbons (Fsp3) is 0.348. The van der Waals surface area contributed by atoms with Gasteiger partial charge in [0.2, 0.25) is 11.8 Å². The molecule has 0 unspecified atom stereocenters. The van der Waals surface area contributed by atoms with Crippen molar-refractivity contribution in [2.45, 2.75) is 32.7 Å². The Hall–Kier alpha value is -3.35. The smallest absolute Gasteiger partial charge is 0.260 e. The van der Waals surface area contributed by atoms with E-state index in [0.29, 0.717) is 17.1 Å². The first-order chi connectivity index (χ1) is 14.4. The van der Waals surface area contributed by atoms with Gasteiger partial charge in [0.1, 0.15) is 5.75 Å². The summed E-state index contributed by atoms with van der Waals surface area (Å²) in [6.07, 6.45) is 1.12. The Kier molecular flexibility index (Phi) is 6.72. The van der Waals surface area contributed by atoms with E-state index >= 15 is 0 Å². The van der Waals surface area contributed by atoms with Crippen LogP contribution in [-0.4, -0.2) is 48.9 Å². The monoisotopic (exact) mass is 409 g/mol. The van der Waals surface area contributed by atoms with Gasteiger partial charge in [0, 0.05) is 19.5 Å². The highest BCUT2D eigenvalue weighted by atomic mass is 16.5. The van der Waals surface area contributed by atoms with Crippen molar-refractivity contribution >= 4 is 29.1 Å². The number of carbonyl (C=O) groups is 3. The van der Waals surface area contributed by atoms with Crippen molar-refractivity contribution in [2.75, 3.05) is 30.4 Å². The van der Waals surface area contributed by atoms with Gasteiger partial charge in [0.25, 0.3) is 5.91 Å². The first-order valence-electron chi connectivity index (χ1n) is 10.1. The molecule has 30 heavy (non-hydrogen) atoms. The Morgan fingerprint density at radius 3 is 2.57 bits per heavy atom. The normalized spacial score (nSPS) is 15.6. The van der Waals surface area contributed by atoms with Crippen LogP contribution >= 0.6 is 0 Å². The fourth-order valence-electron chi connectivity index (χ4n) is 3.41. The predicted octanol–water partition coefficient (Wildman–Crippen LogP) is 2.85. The number of ether oxygens (including phenoxy) is 1. The number of aryl methyl sites for hydroxylation is 1. The summed E-state index contributed by atoms with van der Waals surface area (Å²) in [5.41, 5.74) is 2.42. The van der Waals surface area contributed by atoms with Crippen LogP contribution < -0.4 is 15.0 Å². The van der Waals surface area contributed by atoms with Gasteiger partial charge in [-0.3, -0.25) is 14.4 Å². The second kappa shape index (κ2) is 9.43. The molecule has 3 amide bonds. The zero-order valence-corrected chi connectivity index (χ0v) is 17.6. The molecular formula is C23H27N3O4. The van der Waals surface area contributed by atoms with E-state index in [1.54, 1.807) is 30.1 Å². The van der Waals surface area contributed by atoms with Gasteiger partial charge in [-0.05, 0) is 43.2 Å². The quantitative estimate of drug-likeness (QED) is 0.796. The molecule has 0 aliphatic carbocycles. The molecule has 1 aliphatic rings. The Morgan fingerprint density at radius 2 is 1.87 bits per heavy atom. The number of likely N-dealkylation sites (N-methyl/N-ethyl adjacent to an activating group) is 1. The van der Waals surface area contributed by atoms with E-state index in [1.807, 2.05) is 37.3 Å². The number of nitrogens with zero attached hydrogens (tertiary/aromatic N) is 2. The van der Waals surface area contributed by atoms with Crippen molar-refractivity contribution < 1.29 is 19.1 Å². The van der Waals surface area contributed by atoms with Crippen LogP contribution in [0.4, 0.5) is 11.4 Å². The van der Waals surface area contributed by atoms with Gasteiger partial charge in [-0.1, -0.05) is 31.2 Å².